The highest BCUT2D eigenvalue weighted by Crippen LogP contribution is 2.24. The number of nitrogens with zero attached hydrogens (tertiary/aromatic N) is 1. The number of H-pyrrole nitrogens is 2. The molecule has 0 unspecified atom stereocenters. The lowest BCUT2D eigenvalue weighted by molar-refractivity contribution is 0.0696. The summed E-state index contributed by atoms with van der Waals surface area (Å²) in [6, 6.07) is 9.54. The number of likely N-dealkylation sites (tertiary alicyclic amines) is 1. The minimum Gasteiger partial charge on any atom is -0.478 e. The first-order valence-corrected chi connectivity index (χ1v) is 8.40. The average Bonchev–Trinajstić information content (AvgIpc) is 3.24. The summed E-state index contributed by atoms with van der Waals surface area (Å²) < 4.78 is 0. The summed E-state index contributed by atoms with van der Waals surface area (Å²) in [6.07, 6.45) is 3.74. The Bertz CT molecular complexity index is 997. The molecule has 3 N–H and O–H groups in total. The van der Waals surface area contributed by atoms with Crippen LogP contribution in [0.1, 0.15) is 28.8 Å². The van der Waals surface area contributed by atoms with Crippen molar-refractivity contribution in [1.82, 2.24) is 14.9 Å². The zero-order valence-electron chi connectivity index (χ0n) is 13.7. The van der Waals surface area contributed by atoms with Crippen LogP contribution < -0.4 is 5.56 Å². The molecule has 1 aromatic carbocycles. The van der Waals surface area contributed by atoms with Gasteiger partial charge in [-0.15, -0.1) is 0 Å². The maximum Gasteiger partial charge on any atom is 0.337 e. The van der Waals surface area contributed by atoms with Crippen molar-refractivity contribution in [3.8, 4) is 11.3 Å². The Labute approximate surface area is 144 Å². The minimum atomic E-state index is -1.07. The normalized spacial score (nSPS) is 15.0. The van der Waals surface area contributed by atoms with Gasteiger partial charge in [0.25, 0.3) is 5.56 Å². The van der Waals surface area contributed by atoms with Gasteiger partial charge in [-0.3, -0.25) is 9.69 Å². The van der Waals surface area contributed by atoms with E-state index in [1.54, 1.807) is 0 Å². The molecular formula is C19H19N3O3. The summed E-state index contributed by atoms with van der Waals surface area (Å²) in [5, 5.41) is 10.1. The Hall–Kier alpha value is -2.86. The average molecular weight is 337 g/mol. The van der Waals surface area contributed by atoms with Crippen LogP contribution >= 0.6 is 0 Å². The molecule has 6 nitrogen and oxygen atoms in total. The number of pyridine rings is 1. The zero-order valence-corrected chi connectivity index (χ0v) is 13.7. The van der Waals surface area contributed by atoms with E-state index >= 15 is 0 Å². The molecule has 25 heavy (non-hydrogen) atoms. The number of benzene rings is 1. The number of rotatable bonds is 4. The van der Waals surface area contributed by atoms with Gasteiger partial charge in [0.2, 0.25) is 0 Å². The Morgan fingerprint density at radius 3 is 2.72 bits per heavy atom. The quantitative estimate of drug-likeness (QED) is 0.683. The fourth-order valence-electron chi connectivity index (χ4n) is 3.43. The Morgan fingerprint density at radius 2 is 1.96 bits per heavy atom. The number of hydrogen-bond acceptors (Lipinski definition) is 3. The molecule has 1 saturated heterocycles. The van der Waals surface area contributed by atoms with Gasteiger partial charge in [-0.1, -0.05) is 6.07 Å². The molecule has 0 spiro atoms. The van der Waals surface area contributed by atoms with Crippen molar-refractivity contribution in [2.45, 2.75) is 19.4 Å². The summed E-state index contributed by atoms with van der Waals surface area (Å²) in [5.41, 5.74) is 2.88. The number of hydrogen-bond donors (Lipinski definition) is 3. The number of aromatic nitrogens is 2. The van der Waals surface area contributed by atoms with E-state index in [1.165, 1.54) is 30.7 Å². The van der Waals surface area contributed by atoms with E-state index in [9.17, 15) is 9.59 Å². The predicted octanol–water partition coefficient (Wildman–Crippen LogP) is 2.82. The van der Waals surface area contributed by atoms with Crippen molar-refractivity contribution in [3.05, 3.63) is 58.0 Å². The fourth-order valence-corrected chi connectivity index (χ4v) is 3.43. The fraction of sp³-hybridized carbons (Fsp3) is 0.263. The molecule has 0 radical (unpaired) electrons. The summed E-state index contributed by atoms with van der Waals surface area (Å²) in [6.45, 7) is 3.23. The molecule has 128 valence electrons. The van der Waals surface area contributed by atoms with Crippen LogP contribution in [0, 0.1) is 0 Å². The first-order valence-electron chi connectivity index (χ1n) is 8.40. The van der Waals surface area contributed by atoms with Gasteiger partial charge in [-0.2, -0.15) is 0 Å². The molecule has 2 aromatic heterocycles. The highest BCUT2D eigenvalue weighted by atomic mass is 16.4. The van der Waals surface area contributed by atoms with Gasteiger partial charge in [0.15, 0.2) is 0 Å². The van der Waals surface area contributed by atoms with Crippen LogP contribution in [0.3, 0.4) is 0 Å². The minimum absolute atomic E-state index is 0.0583. The van der Waals surface area contributed by atoms with Crippen molar-refractivity contribution in [2.75, 3.05) is 13.1 Å². The number of carboxylic acid groups (broad SMARTS) is 1. The van der Waals surface area contributed by atoms with Crippen molar-refractivity contribution in [1.29, 1.82) is 0 Å². The van der Waals surface area contributed by atoms with Gasteiger partial charge >= 0.3 is 5.97 Å². The highest BCUT2D eigenvalue weighted by Gasteiger charge is 2.14. The predicted molar refractivity (Wildman–Crippen MR) is 95.8 cm³/mol. The van der Waals surface area contributed by atoms with Crippen LogP contribution in [0.5, 0.6) is 0 Å². The second-order valence-electron chi connectivity index (χ2n) is 6.52. The Kier molecular flexibility index (Phi) is 3.89. The smallest absolute Gasteiger partial charge is 0.337 e. The summed E-state index contributed by atoms with van der Waals surface area (Å²) in [4.78, 5) is 31.4. The molecule has 1 aliphatic rings. The number of carbonyl (C=O) groups is 1. The Morgan fingerprint density at radius 1 is 1.16 bits per heavy atom. The van der Waals surface area contributed by atoms with Crippen LogP contribution in [0.4, 0.5) is 0 Å². The molecule has 1 fully saturated rings. The van der Waals surface area contributed by atoms with Crippen LogP contribution in [-0.4, -0.2) is 39.0 Å². The molecule has 3 aromatic rings. The van der Waals surface area contributed by atoms with Gasteiger partial charge < -0.3 is 15.1 Å². The van der Waals surface area contributed by atoms with E-state index in [-0.39, 0.29) is 11.1 Å². The second kappa shape index (κ2) is 6.22. The molecule has 0 saturated carbocycles. The van der Waals surface area contributed by atoms with Gasteiger partial charge in [-0.05, 0) is 55.8 Å². The molecule has 1 aliphatic heterocycles. The lowest BCUT2D eigenvalue weighted by Crippen LogP contribution is -2.18. The lowest BCUT2D eigenvalue weighted by Gasteiger charge is -2.14. The summed E-state index contributed by atoms with van der Waals surface area (Å²) in [7, 11) is 0. The van der Waals surface area contributed by atoms with Gasteiger partial charge in [0.05, 0.1) is 16.8 Å². The van der Waals surface area contributed by atoms with Crippen LogP contribution in [-0.2, 0) is 6.54 Å². The summed E-state index contributed by atoms with van der Waals surface area (Å²) >= 11 is 0. The monoisotopic (exact) mass is 337 g/mol. The molecule has 6 heteroatoms. The van der Waals surface area contributed by atoms with E-state index in [4.69, 9.17) is 5.11 Å². The third-order valence-corrected chi connectivity index (χ3v) is 4.73. The molecule has 0 amide bonds. The number of carboxylic acids is 1. The van der Waals surface area contributed by atoms with Crippen molar-refractivity contribution >= 4 is 16.9 Å². The zero-order chi connectivity index (χ0) is 17.4. The van der Waals surface area contributed by atoms with Gasteiger partial charge in [-0.25, -0.2) is 4.79 Å². The van der Waals surface area contributed by atoms with Crippen molar-refractivity contribution in [2.24, 2.45) is 0 Å². The van der Waals surface area contributed by atoms with Crippen molar-refractivity contribution < 1.29 is 9.90 Å². The molecule has 4 rings (SSSR count). The number of aromatic carboxylic acids is 1. The maximum absolute atomic E-state index is 12.1. The maximum atomic E-state index is 12.1. The molecule has 0 bridgehead atoms. The third-order valence-electron chi connectivity index (χ3n) is 4.73. The molecular weight excluding hydrogens is 318 g/mol. The van der Waals surface area contributed by atoms with Crippen LogP contribution in [0.15, 0.2) is 41.3 Å². The van der Waals surface area contributed by atoms with E-state index in [2.05, 4.69) is 27.0 Å². The Balaban J connectivity index is 1.70. The van der Waals surface area contributed by atoms with Crippen LogP contribution in [0.2, 0.25) is 0 Å². The first-order chi connectivity index (χ1) is 12.1. The second-order valence-corrected chi connectivity index (χ2v) is 6.52. The number of aromatic amines is 2. The van der Waals surface area contributed by atoms with E-state index in [1.807, 2.05) is 12.1 Å². The van der Waals surface area contributed by atoms with E-state index < -0.39 is 5.97 Å². The molecule has 0 atom stereocenters. The van der Waals surface area contributed by atoms with Crippen molar-refractivity contribution in [3.63, 3.8) is 0 Å². The van der Waals surface area contributed by atoms with E-state index in [0.29, 0.717) is 11.3 Å². The highest BCUT2D eigenvalue weighted by molar-refractivity contribution is 5.90. The first kappa shape index (κ1) is 15.7. The number of fused-ring (bicyclic) bond motifs is 1. The van der Waals surface area contributed by atoms with Crippen LogP contribution in [0.25, 0.3) is 22.2 Å². The lowest BCUT2D eigenvalue weighted by atomic mass is 10.1. The number of nitrogens with one attached hydrogen (secondary N) is 2. The topological polar surface area (TPSA) is 89.2 Å². The van der Waals surface area contributed by atoms with E-state index in [0.717, 1.165) is 30.5 Å². The largest absolute Gasteiger partial charge is 0.478 e. The van der Waals surface area contributed by atoms with Gasteiger partial charge in [0.1, 0.15) is 0 Å². The van der Waals surface area contributed by atoms with Gasteiger partial charge in [0, 0.05) is 23.6 Å². The standard InChI is InChI=1S/C19H19N3O3/c23-18-15(8-14(10-20-18)19(24)25)17-9-13-7-12(3-4-16(13)21-17)11-22-5-1-2-6-22/h3-4,7-10,21H,1-2,5-6,11H2,(H,20,23)(H,24,25). The SMILES string of the molecule is O=C(O)c1c[nH]c(=O)c(-c2cc3cc(CN4CCCC4)ccc3[nH]2)c1. The summed E-state index contributed by atoms with van der Waals surface area (Å²) in [5.74, 6) is -1.07. The molecule has 0 aliphatic carbocycles. The molecule has 3 heterocycles. The third kappa shape index (κ3) is 3.08.